The predicted molar refractivity (Wildman–Crippen MR) is 82.4 cm³/mol. The van der Waals surface area contributed by atoms with Crippen molar-refractivity contribution in [1.29, 1.82) is 5.26 Å². The molecule has 0 radical (unpaired) electrons. The number of anilines is 1. The summed E-state index contributed by atoms with van der Waals surface area (Å²) in [7, 11) is 0. The van der Waals surface area contributed by atoms with Crippen LogP contribution in [0.15, 0.2) is 22.7 Å². The van der Waals surface area contributed by atoms with E-state index < -0.39 is 0 Å². The average Bonchev–Trinajstić information content (AvgIpc) is 2.46. The number of carbonyl (C=O) groups excluding carboxylic acids is 1. The van der Waals surface area contributed by atoms with Gasteiger partial charge in [0.25, 0.3) is 0 Å². The second-order valence-electron chi connectivity index (χ2n) is 5.04. The summed E-state index contributed by atoms with van der Waals surface area (Å²) < 4.78 is 0.848. The van der Waals surface area contributed by atoms with E-state index in [1.807, 2.05) is 0 Å². The molecule has 1 saturated heterocycles. The maximum absolute atomic E-state index is 12.0. The van der Waals surface area contributed by atoms with Crippen molar-refractivity contribution in [2.75, 3.05) is 11.9 Å². The number of piperidine rings is 1. The van der Waals surface area contributed by atoms with Crippen molar-refractivity contribution in [3.63, 3.8) is 0 Å². The molecule has 1 heterocycles. The summed E-state index contributed by atoms with van der Waals surface area (Å²) in [6.07, 6.45) is 4.94. The van der Waals surface area contributed by atoms with Gasteiger partial charge in [0.05, 0.1) is 11.3 Å². The van der Waals surface area contributed by atoms with E-state index in [0.717, 1.165) is 23.9 Å². The zero-order valence-corrected chi connectivity index (χ0v) is 12.9. The van der Waals surface area contributed by atoms with Gasteiger partial charge in [-0.3, -0.25) is 4.79 Å². The van der Waals surface area contributed by atoms with Gasteiger partial charge in [0.2, 0.25) is 5.91 Å². The minimum Gasteiger partial charge on any atom is -0.325 e. The number of hydrogen-bond acceptors (Lipinski definition) is 3. The molecule has 1 aromatic carbocycles. The Bertz CT molecular complexity index is 518. The van der Waals surface area contributed by atoms with Gasteiger partial charge >= 0.3 is 0 Å². The van der Waals surface area contributed by atoms with Crippen molar-refractivity contribution in [3.05, 3.63) is 28.2 Å². The summed E-state index contributed by atoms with van der Waals surface area (Å²) in [5.41, 5.74) is 1.06. The first kappa shape index (κ1) is 15.0. The van der Waals surface area contributed by atoms with Gasteiger partial charge in [-0.15, -0.1) is 0 Å². The third-order valence-electron chi connectivity index (χ3n) is 3.51. The maximum atomic E-state index is 12.0. The van der Waals surface area contributed by atoms with Gasteiger partial charge in [0.1, 0.15) is 6.07 Å². The quantitative estimate of drug-likeness (QED) is 0.888. The molecule has 1 aliphatic rings. The average molecular weight is 336 g/mol. The van der Waals surface area contributed by atoms with Crippen LogP contribution in [0.3, 0.4) is 0 Å². The summed E-state index contributed by atoms with van der Waals surface area (Å²) in [6, 6.07) is 7.78. The number of carbonyl (C=O) groups is 1. The van der Waals surface area contributed by atoms with Crippen molar-refractivity contribution in [2.45, 2.75) is 38.1 Å². The number of nitrogens with one attached hydrogen (secondary N) is 2. The van der Waals surface area contributed by atoms with Gasteiger partial charge in [-0.2, -0.15) is 5.26 Å². The zero-order chi connectivity index (χ0) is 14.4. The highest BCUT2D eigenvalue weighted by Crippen LogP contribution is 2.21. The van der Waals surface area contributed by atoms with Crippen LogP contribution in [0.4, 0.5) is 5.69 Å². The predicted octanol–water partition coefficient (Wildman–Crippen LogP) is 3.18. The number of benzene rings is 1. The highest BCUT2D eigenvalue weighted by molar-refractivity contribution is 9.10. The Kier molecular flexibility index (Phi) is 5.57. The fourth-order valence-electron chi connectivity index (χ4n) is 2.41. The van der Waals surface area contributed by atoms with Crippen LogP contribution in [0.25, 0.3) is 0 Å². The van der Waals surface area contributed by atoms with Gasteiger partial charge in [0, 0.05) is 16.9 Å². The molecule has 0 spiro atoms. The topological polar surface area (TPSA) is 64.9 Å². The van der Waals surface area contributed by atoms with E-state index in [1.54, 1.807) is 18.2 Å². The molecule has 20 heavy (non-hydrogen) atoms. The molecule has 1 fully saturated rings. The minimum absolute atomic E-state index is 0.0352. The SMILES string of the molecule is N#Cc1ccc(Br)cc1NC(=O)CCC1CCCCN1. The molecule has 1 aromatic rings. The lowest BCUT2D eigenvalue weighted by molar-refractivity contribution is -0.116. The number of amides is 1. The van der Waals surface area contributed by atoms with E-state index in [4.69, 9.17) is 5.26 Å². The monoisotopic (exact) mass is 335 g/mol. The van der Waals surface area contributed by atoms with Crippen LogP contribution >= 0.6 is 15.9 Å². The van der Waals surface area contributed by atoms with Gasteiger partial charge in [0.15, 0.2) is 0 Å². The lowest BCUT2D eigenvalue weighted by Gasteiger charge is -2.23. The number of hydrogen-bond donors (Lipinski definition) is 2. The number of rotatable bonds is 4. The molecule has 2 rings (SSSR count). The van der Waals surface area contributed by atoms with E-state index >= 15 is 0 Å². The van der Waals surface area contributed by atoms with E-state index in [-0.39, 0.29) is 5.91 Å². The van der Waals surface area contributed by atoms with Gasteiger partial charge in [-0.05, 0) is 44.0 Å². The van der Waals surface area contributed by atoms with Crippen LogP contribution < -0.4 is 10.6 Å². The Morgan fingerprint density at radius 2 is 2.35 bits per heavy atom. The first-order valence-electron chi connectivity index (χ1n) is 6.92. The van der Waals surface area contributed by atoms with Crippen LogP contribution in [0.5, 0.6) is 0 Å². The molecule has 106 valence electrons. The van der Waals surface area contributed by atoms with Crippen LogP contribution in [-0.4, -0.2) is 18.5 Å². The van der Waals surface area contributed by atoms with Crippen molar-refractivity contribution in [3.8, 4) is 6.07 Å². The summed E-state index contributed by atoms with van der Waals surface area (Å²) in [5, 5.41) is 15.3. The maximum Gasteiger partial charge on any atom is 0.224 e. The van der Waals surface area contributed by atoms with E-state index in [2.05, 4.69) is 32.6 Å². The second-order valence-corrected chi connectivity index (χ2v) is 5.95. The van der Waals surface area contributed by atoms with E-state index in [9.17, 15) is 4.79 Å². The molecule has 1 amide bonds. The molecule has 0 aromatic heterocycles. The zero-order valence-electron chi connectivity index (χ0n) is 11.3. The first-order valence-corrected chi connectivity index (χ1v) is 7.71. The van der Waals surface area contributed by atoms with E-state index in [0.29, 0.717) is 23.7 Å². The first-order chi connectivity index (χ1) is 9.69. The molecule has 5 heteroatoms. The lowest BCUT2D eigenvalue weighted by Crippen LogP contribution is -2.34. The molecule has 2 N–H and O–H groups in total. The van der Waals surface area contributed by atoms with E-state index in [1.165, 1.54) is 12.8 Å². The van der Waals surface area contributed by atoms with Crippen LogP contribution in [0, 0.1) is 11.3 Å². The van der Waals surface area contributed by atoms with Gasteiger partial charge in [-0.25, -0.2) is 0 Å². The molecule has 1 unspecified atom stereocenters. The molecular formula is C15H18BrN3O. The normalized spacial score (nSPS) is 18.3. The molecule has 0 saturated carbocycles. The molecule has 1 atom stereocenters. The molecule has 4 nitrogen and oxygen atoms in total. The largest absolute Gasteiger partial charge is 0.325 e. The van der Waals surface area contributed by atoms with Crippen LogP contribution in [0.1, 0.15) is 37.7 Å². The minimum atomic E-state index is -0.0352. The Labute approximate surface area is 127 Å². The third-order valence-corrected chi connectivity index (χ3v) is 4.00. The van der Waals surface area contributed by atoms with Crippen molar-refractivity contribution in [1.82, 2.24) is 5.32 Å². The summed E-state index contributed by atoms with van der Waals surface area (Å²) in [5.74, 6) is -0.0352. The molecule has 0 aliphatic carbocycles. The van der Waals surface area contributed by atoms with Gasteiger partial charge < -0.3 is 10.6 Å². The smallest absolute Gasteiger partial charge is 0.224 e. The summed E-state index contributed by atoms with van der Waals surface area (Å²) in [6.45, 7) is 1.05. The van der Waals surface area contributed by atoms with Crippen molar-refractivity contribution in [2.24, 2.45) is 0 Å². The number of halogens is 1. The third kappa shape index (κ3) is 4.32. The Morgan fingerprint density at radius 1 is 1.50 bits per heavy atom. The van der Waals surface area contributed by atoms with Crippen LogP contribution in [0.2, 0.25) is 0 Å². The molecular weight excluding hydrogens is 318 g/mol. The van der Waals surface area contributed by atoms with Crippen molar-refractivity contribution < 1.29 is 4.79 Å². The Balaban J connectivity index is 1.88. The van der Waals surface area contributed by atoms with Crippen LogP contribution in [-0.2, 0) is 4.79 Å². The Hall–Kier alpha value is -1.38. The number of nitriles is 1. The highest BCUT2D eigenvalue weighted by Gasteiger charge is 2.14. The number of nitrogens with zero attached hydrogens (tertiary/aromatic N) is 1. The highest BCUT2D eigenvalue weighted by atomic mass is 79.9. The second kappa shape index (κ2) is 7.41. The fraction of sp³-hybridized carbons (Fsp3) is 0.467. The Morgan fingerprint density at radius 3 is 3.05 bits per heavy atom. The van der Waals surface area contributed by atoms with Gasteiger partial charge in [-0.1, -0.05) is 22.4 Å². The van der Waals surface area contributed by atoms with Crippen molar-refractivity contribution >= 4 is 27.5 Å². The summed E-state index contributed by atoms with van der Waals surface area (Å²) in [4.78, 5) is 12.0. The molecule has 1 aliphatic heterocycles. The molecule has 0 bridgehead atoms. The standard InChI is InChI=1S/C15H18BrN3O/c16-12-5-4-11(10-17)14(9-12)19-15(20)7-6-13-3-1-2-8-18-13/h4-5,9,13,18H,1-3,6-8H2,(H,19,20). The lowest BCUT2D eigenvalue weighted by atomic mass is 10.0. The fourth-order valence-corrected chi connectivity index (χ4v) is 2.77. The summed E-state index contributed by atoms with van der Waals surface area (Å²) >= 11 is 3.35.